The number of ether oxygens (including phenoxy) is 1. The molecular weight excluding hydrogens is 378 g/mol. The van der Waals surface area contributed by atoms with Gasteiger partial charge in [0.2, 0.25) is 0 Å². The number of nitrogens with zero attached hydrogens (tertiary/aromatic N) is 6. The normalized spacial score (nSPS) is 24.4. The summed E-state index contributed by atoms with van der Waals surface area (Å²) in [6.07, 6.45) is 4.24. The number of anilines is 1. The van der Waals surface area contributed by atoms with Crippen molar-refractivity contribution in [2.45, 2.75) is 43.9 Å². The van der Waals surface area contributed by atoms with E-state index in [0.29, 0.717) is 22.6 Å². The van der Waals surface area contributed by atoms with Gasteiger partial charge in [-0.2, -0.15) is 5.10 Å². The third-order valence-corrected chi connectivity index (χ3v) is 4.93. The molecule has 1 aliphatic heterocycles. The highest BCUT2D eigenvalue weighted by Crippen LogP contribution is 2.32. The topological polar surface area (TPSA) is 157 Å². The summed E-state index contributed by atoms with van der Waals surface area (Å²) in [5.74, 6) is 0.536. The summed E-state index contributed by atoms with van der Waals surface area (Å²) in [4.78, 5) is 13.1. The van der Waals surface area contributed by atoms with Gasteiger partial charge < -0.3 is 25.8 Å². The summed E-state index contributed by atoms with van der Waals surface area (Å²) in [6.45, 7) is 4.03. The number of rotatable bonds is 7. The van der Waals surface area contributed by atoms with E-state index in [1.165, 1.54) is 10.9 Å². The molecule has 1 fully saturated rings. The Morgan fingerprint density at radius 1 is 1.28 bits per heavy atom. The Bertz CT molecular complexity index is 1020. The summed E-state index contributed by atoms with van der Waals surface area (Å²) in [5, 5.41) is 34.0. The van der Waals surface area contributed by atoms with Crippen molar-refractivity contribution in [2.75, 3.05) is 12.3 Å². The van der Waals surface area contributed by atoms with E-state index in [1.54, 1.807) is 10.9 Å². The zero-order valence-electron chi connectivity index (χ0n) is 15.7. The molecule has 0 bridgehead atoms. The highest BCUT2D eigenvalue weighted by atomic mass is 16.6. The molecule has 4 heterocycles. The Kier molecular flexibility index (Phi) is 5.28. The van der Waals surface area contributed by atoms with Gasteiger partial charge in [0, 0.05) is 12.7 Å². The largest absolute Gasteiger partial charge is 0.394 e. The number of aryl methyl sites for hydroxylation is 1. The Morgan fingerprint density at radius 3 is 2.83 bits per heavy atom. The first-order valence-electron chi connectivity index (χ1n) is 9.29. The molecule has 0 unspecified atom stereocenters. The fourth-order valence-corrected chi connectivity index (χ4v) is 3.36. The van der Waals surface area contributed by atoms with E-state index >= 15 is 0 Å². The first-order valence-corrected chi connectivity index (χ1v) is 9.29. The highest BCUT2D eigenvalue weighted by molar-refractivity contribution is 5.83. The van der Waals surface area contributed by atoms with Gasteiger partial charge in [-0.1, -0.05) is 6.08 Å². The van der Waals surface area contributed by atoms with Gasteiger partial charge in [-0.25, -0.2) is 15.0 Å². The summed E-state index contributed by atoms with van der Waals surface area (Å²) in [7, 11) is 0. The van der Waals surface area contributed by atoms with Crippen LogP contribution in [0.5, 0.6) is 0 Å². The summed E-state index contributed by atoms with van der Waals surface area (Å²) in [6, 6.07) is 0. The molecule has 11 heteroatoms. The molecule has 3 aromatic rings. The average Bonchev–Trinajstić information content (AvgIpc) is 3.41. The number of unbranched alkanes of at least 4 members (excludes halogenated alkanes) is 1. The van der Waals surface area contributed by atoms with Gasteiger partial charge in [0.15, 0.2) is 23.5 Å². The van der Waals surface area contributed by atoms with Gasteiger partial charge in [0.05, 0.1) is 24.7 Å². The molecule has 1 aliphatic rings. The predicted octanol–water partition coefficient (Wildman–Crippen LogP) is -0.150. The monoisotopic (exact) mass is 401 g/mol. The van der Waals surface area contributed by atoms with Crippen LogP contribution in [0, 0.1) is 0 Å². The van der Waals surface area contributed by atoms with Crippen LogP contribution in [0.3, 0.4) is 0 Å². The fourth-order valence-electron chi connectivity index (χ4n) is 3.36. The van der Waals surface area contributed by atoms with Crippen LogP contribution < -0.4 is 5.73 Å². The van der Waals surface area contributed by atoms with Crippen LogP contribution >= 0.6 is 0 Å². The summed E-state index contributed by atoms with van der Waals surface area (Å²) in [5.41, 5.74) is 7.46. The van der Waals surface area contributed by atoms with Crippen molar-refractivity contribution < 1.29 is 20.1 Å². The van der Waals surface area contributed by atoms with Crippen LogP contribution in [-0.4, -0.2) is 69.5 Å². The highest BCUT2D eigenvalue weighted by Gasteiger charge is 2.44. The minimum absolute atomic E-state index is 0.176. The fraction of sp³-hybridized carbons (Fsp3) is 0.444. The van der Waals surface area contributed by atoms with Crippen molar-refractivity contribution in [3.63, 3.8) is 0 Å². The molecule has 29 heavy (non-hydrogen) atoms. The first kappa shape index (κ1) is 19.5. The lowest BCUT2D eigenvalue weighted by molar-refractivity contribution is -0.0511. The van der Waals surface area contributed by atoms with Crippen molar-refractivity contribution in [2.24, 2.45) is 0 Å². The molecule has 5 N–H and O–H groups in total. The van der Waals surface area contributed by atoms with E-state index in [9.17, 15) is 15.3 Å². The zero-order valence-corrected chi connectivity index (χ0v) is 15.7. The number of nitrogens with two attached hydrogens (primary N) is 1. The quantitative estimate of drug-likeness (QED) is 0.312. The van der Waals surface area contributed by atoms with Crippen molar-refractivity contribution in [3.8, 4) is 11.4 Å². The lowest BCUT2D eigenvalue weighted by Gasteiger charge is -2.16. The van der Waals surface area contributed by atoms with Gasteiger partial charge in [-0.15, -0.1) is 6.58 Å². The third-order valence-electron chi connectivity index (χ3n) is 4.93. The standard InChI is InChI=1S/C18H23N7O4/c1-2-3-4-5-24-7-10(6-21-24)16-22-15(19)12-17(23-16)25(9-20-12)18-14(28)13(27)11(8-26)29-18/h2,6-7,9,11,13-14,18,26-28H,1,3-5,8H2,(H2,19,22,23)/t11-,13-,14-,18-/m1/s1. The number of fused-ring (bicyclic) bond motifs is 1. The van der Waals surface area contributed by atoms with Gasteiger partial charge in [-0.3, -0.25) is 9.25 Å². The first-order chi connectivity index (χ1) is 14.0. The molecular formula is C18H23N7O4. The van der Waals surface area contributed by atoms with E-state index in [4.69, 9.17) is 10.5 Å². The molecule has 0 aromatic carbocycles. The smallest absolute Gasteiger partial charge is 0.168 e. The summed E-state index contributed by atoms with van der Waals surface area (Å²) < 4.78 is 8.86. The third kappa shape index (κ3) is 3.49. The Hall–Kier alpha value is -2.86. The molecule has 4 atom stereocenters. The van der Waals surface area contributed by atoms with E-state index in [-0.39, 0.29) is 5.82 Å². The van der Waals surface area contributed by atoms with Crippen molar-refractivity contribution in [1.29, 1.82) is 0 Å². The number of aromatic nitrogens is 6. The maximum Gasteiger partial charge on any atom is 0.168 e. The SMILES string of the molecule is C=CCCCn1cc(-c2nc(N)c3ncn([C@@H]4O[C@H](CO)[C@@H](O)[C@H]4O)c3n2)cn1. The van der Waals surface area contributed by atoms with E-state index < -0.39 is 31.1 Å². The molecule has 0 aliphatic carbocycles. The second-order valence-corrected chi connectivity index (χ2v) is 6.91. The van der Waals surface area contributed by atoms with Crippen LogP contribution in [0.15, 0.2) is 31.4 Å². The molecule has 154 valence electrons. The predicted molar refractivity (Wildman–Crippen MR) is 103 cm³/mol. The number of nitrogen functional groups attached to an aromatic ring is 1. The van der Waals surface area contributed by atoms with Gasteiger partial charge in [0.25, 0.3) is 0 Å². The zero-order chi connectivity index (χ0) is 20.5. The maximum atomic E-state index is 10.3. The van der Waals surface area contributed by atoms with Crippen LogP contribution in [0.25, 0.3) is 22.6 Å². The second kappa shape index (κ2) is 7.87. The number of allylic oxidation sites excluding steroid dienone is 1. The molecule has 0 amide bonds. The van der Waals surface area contributed by atoms with Crippen molar-refractivity contribution in [1.82, 2.24) is 29.3 Å². The summed E-state index contributed by atoms with van der Waals surface area (Å²) >= 11 is 0. The van der Waals surface area contributed by atoms with E-state index in [0.717, 1.165) is 19.4 Å². The van der Waals surface area contributed by atoms with Crippen molar-refractivity contribution >= 4 is 17.0 Å². The number of aliphatic hydroxyl groups excluding tert-OH is 3. The van der Waals surface area contributed by atoms with Gasteiger partial charge >= 0.3 is 0 Å². The van der Waals surface area contributed by atoms with Crippen LogP contribution in [0.1, 0.15) is 19.1 Å². The Labute approximate surface area is 166 Å². The van der Waals surface area contributed by atoms with E-state index in [2.05, 4.69) is 26.6 Å². The molecule has 0 saturated carbocycles. The molecule has 4 rings (SSSR count). The number of aliphatic hydroxyl groups is 3. The minimum atomic E-state index is -1.25. The van der Waals surface area contributed by atoms with Crippen LogP contribution in [0.4, 0.5) is 5.82 Å². The molecule has 3 aromatic heterocycles. The number of hydrogen-bond acceptors (Lipinski definition) is 9. The number of imidazole rings is 1. The second-order valence-electron chi connectivity index (χ2n) is 6.91. The van der Waals surface area contributed by atoms with Crippen molar-refractivity contribution in [3.05, 3.63) is 31.4 Å². The van der Waals surface area contributed by atoms with Crippen LogP contribution in [-0.2, 0) is 11.3 Å². The molecule has 0 spiro atoms. The average molecular weight is 401 g/mol. The van der Waals surface area contributed by atoms with E-state index in [1.807, 2.05) is 12.3 Å². The Morgan fingerprint density at radius 2 is 2.10 bits per heavy atom. The van der Waals surface area contributed by atoms with Gasteiger partial charge in [0.1, 0.15) is 23.8 Å². The molecule has 11 nitrogen and oxygen atoms in total. The Balaban J connectivity index is 1.68. The maximum absolute atomic E-state index is 10.3. The lowest BCUT2D eigenvalue weighted by Crippen LogP contribution is -2.33. The van der Waals surface area contributed by atoms with Crippen LogP contribution in [0.2, 0.25) is 0 Å². The lowest BCUT2D eigenvalue weighted by atomic mass is 10.1. The number of hydrogen-bond donors (Lipinski definition) is 4. The molecule has 0 radical (unpaired) electrons. The minimum Gasteiger partial charge on any atom is -0.394 e. The molecule has 1 saturated heterocycles. The van der Waals surface area contributed by atoms with Gasteiger partial charge in [-0.05, 0) is 12.8 Å².